The number of carbonyl (C=O) groups is 1. The van der Waals surface area contributed by atoms with Crippen molar-refractivity contribution in [1.29, 1.82) is 0 Å². The Kier molecular flexibility index (Phi) is 4.41. The molecule has 94 valence electrons. The Morgan fingerprint density at radius 2 is 2.11 bits per heavy atom. The predicted octanol–water partition coefficient (Wildman–Crippen LogP) is 1.83. The molecule has 1 amide bonds. The Balaban J connectivity index is 1.82. The summed E-state index contributed by atoms with van der Waals surface area (Å²) in [5, 5.41) is 6.12. The van der Waals surface area contributed by atoms with E-state index < -0.39 is 0 Å². The van der Waals surface area contributed by atoms with Crippen LogP contribution in [0.5, 0.6) is 0 Å². The van der Waals surface area contributed by atoms with Crippen LogP contribution in [0.2, 0.25) is 0 Å². The molecule has 0 bridgehead atoms. The Morgan fingerprint density at radius 3 is 2.78 bits per heavy atom. The minimum absolute atomic E-state index is 0.106. The van der Waals surface area contributed by atoms with Gasteiger partial charge in [-0.2, -0.15) is 12.6 Å². The second-order valence-corrected chi connectivity index (χ2v) is 4.54. The maximum atomic E-state index is 11.8. The Bertz CT molecular complexity index is 485. The third-order valence-corrected chi connectivity index (χ3v) is 2.93. The number of thiol groups is 1. The van der Waals surface area contributed by atoms with Crippen molar-refractivity contribution < 1.29 is 9.32 Å². The van der Waals surface area contributed by atoms with Crippen molar-refractivity contribution in [1.82, 2.24) is 10.5 Å². The predicted molar refractivity (Wildman–Crippen MR) is 71.3 cm³/mol. The lowest BCUT2D eigenvalue weighted by atomic mass is 10.1. The highest BCUT2D eigenvalue weighted by Crippen LogP contribution is 2.08. The number of rotatable bonds is 5. The van der Waals surface area contributed by atoms with Crippen LogP contribution in [0.15, 0.2) is 47.2 Å². The van der Waals surface area contributed by atoms with Crippen LogP contribution in [-0.2, 0) is 17.8 Å². The largest absolute Gasteiger partial charge is 0.364 e. The van der Waals surface area contributed by atoms with Gasteiger partial charge >= 0.3 is 0 Å². The van der Waals surface area contributed by atoms with E-state index in [9.17, 15) is 4.79 Å². The summed E-state index contributed by atoms with van der Waals surface area (Å²) in [4.78, 5) is 11.8. The van der Waals surface area contributed by atoms with Gasteiger partial charge in [-0.25, -0.2) is 0 Å². The number of nitrogens with one attached hydrogen (secondary N) is 1. The number of amides is 1. The molecule has 1 aromatic carbocycles. The van der Waals surface area contributed by atoms with Gasteiger partial charge in [-0.3, -0.25) is 4.79 Å². The van der Waals surface area contributed by atoms with Gasteiger partial charge in [0.15, 0.2) is 0 Å². The van der Waals surface area contributed by atoms with Crippen molar-refractivity contribution in [2.24, 2.45) is 0 Å². The summed E-state index contributed by atoms with van der Waals surface area (Å²) in [6.45, 7) is 0.362. The molecule has 2 aromatic rings. The van der Waals surface area contributed by atoms with Crippen LogP contribution >= 0.6 is 12.6 Å². The zero-order valence-electron chi connectivity index (χ0n) is 9.74. The summed E-state index contributed by atoms with van der Waals surface area (Å²) in [5.41, 5.74) is 1.79. The van der Waals surface area contributed by atoms with E-state index >= 15 is 0 Å². The molecule has 0 saturated carbocycles. The minimum atomic E-state index is -0.362. The molecule has 0 fully saturated rings. The van der Waals surface area contributed by atoms with E-state index in [-0.39, 0.29) is 11.2 Å². The maximum absolute atomic E-state index is 11.8. The average molecular weight is 262 g/mol. The minimum Gasteiger partial charge on any atom is -0.364 e. The van der Waals surface area contributed by atoms with E-state index in [1.807, 2.05) is 30.3 Å². The first-order valence-electron chi connectivity index (χ1n) is 5.64. The second-order valence-electron chi connectivity index (χ2n) is 3.91. The normalized spacial score (nSPS) is 12.1. The van der Waals surface area contributed by atoms with Gasteiger partial charge in [0.2, 0.25) is 5.91 Å². The molecule has 2 rings (SSSR count). The number of carbonyl (C=O) groups excluding carboxylic acids is 1. The number of nitrogens with zero attached hydrogens (tertiary/aromatic N) is 1. The fourth-order valence-corrected chi connectivity index (χ4v) is 1.86. The molecule has 4 nitrogen and oxygen atoms in total. The number of benzene rings is 1. The van der Waals surface area contributed by atoms with Gasteiger partial charge in [0.05, 0.1) is 11.8 Å². The average Bonchev–Trinajstić information content (AvgIpc) is 2.90. The van der Waals surface area contributed by atoms with Crippen LogP contribution in [0.3, 0.4) is 0 Å². The molecule has 0 aliphatic heterocycles. The first-order chi connectivity index (χ1) is 8.75. The summed E-state index contributed by atoms with van der Waals surface area (Å²) < 4.78 is 4.68. The first-order valence-corrected chi connectivity index (χ1v) is 6.16. The van der Waals surface area contributed by atoms with E-state index in [0.29, 0.717) is 18.7 Å². The fraction of sp³-hybridized carbons (Fsp3) is 0.231. The molecule has 0 aliphatic carbocycles. The molecule has 1 atom stereocenters. The molecule has 1 heterocycles. The Labute approximate surface area is 111 Å². The zero-order chi connectivity index (χ0) is 12.8. The third kappa shape index (κ3) is 3.63. The van der Waals surface area contributed by atoms with Crippen molar-refractivity contribution in [3.63, 3.8) is 0 Å². The number of aromatic nitrogens is 1. The molecule has 1 unspecified atom stereocenters. The zero-order valence-corrected chi connectivity index (χ0v) is 10.6. The van der Waals surface area contributed by atoms with Crippen molar-refractivity contribution in [3.05, 3.63) is 53.9 Å². The highest BCUT2D eigenvalue weighted by Gasteiger charge is 2.14. The molecule has 5 heteroatoms. The fourth-order valence-electron chi connectivity index (χ4n) is 1.55. The first kappa shape index (κ1) is 12.7. The lowest BCUT2D eigenvalue weighted by molar-refractivity contribution is -0.120. The van der Waals surface area contributed by atoms with Gasteiger partial charge in [-0.05, 0) is 12.0 Å². The molecular weight excluding hydrogens is 248 g/mol. The summed E-state index contributed by atoms with van der Waals surface area (Å²) >= 11 is 4.31. The van der Waals surface area contributed by atoms with Crippen LogP contribution in [0.1, 0.15) is 11.3 Å². The Hall–Kier alpha value is -1.75. The SMILES string of the molecule is O=C(NCc1ccon1)C(S)Cc1ccccc1. The van der Waals surface area contributed by atoms with Crippen molar-refractivity contribution in [2.75, 3.05) is 0 Å². The van der Waals surface area contributed by atoms with Gasteiger partial charge in [0.1, 0.15) is 12.0 Å². The van der Waals surface area contributed by atoms with Gasteiger partial charge in [-0.1, -0.05) is 35.5 Å². The Morgan fingerprint density at radius 1 is 1.33 bits per heavy atom. The van der Waals surface area contributed by atoms with E-state index in [4.69, 9.17) is 0 Å². The lowest BCUT2D eigenvalue weighted by Gasteiger charge is -2.10. The van der Waals surface area contributed by atoms with Crippen LogP contribution in [0.25, 0.3) is 0 Å². The number of hydrogen-bond donors (Lipinski definition) is 2. The quantitative estimate of drug-likeness (QED) is 0.808. The maximum Gasteiger partial charge on any atom is 0.233 e. The van der Waals surface area contributed by atoms with Crippen molar-refractivity contribution in [2.45, 2.75) is 18.2 Å². The van der Waals surface area contributed by atoms with Crippen molar-refractivity contribution >= 4 is 18.5 Å². The molecule has 0 spiro atoms. The standard InChI is InChI=1S/C13H14N2O2S/c16-13(14-9-11-6-7-17-15-11)12(18)8-10-4-2-1-3-5-10/h1-7,12,18H,8-9H2,(H,14,16). The topological polar surface area (TPSA) is 55.1 Å². The van der Waals surface area contributed by atoms with E-state index in [1.54, 1.807) is 6.07 Å². The van der Waals surface area contributed by atoms with Gasteiger partial charge < -0.3 is 9.84 Å². The molecule has 0 saturated heterocycles. The van der Waals surface area contributed by atoms with E-state index in [1.165, 1.54) is 6.26 Å². The van der Waals surface area contributed by atoms with Crippen molar-refractivity contribution in [3.8, 4) is 0 Å². The second kappa shape index (κ2) is 6.26. The highest BCUT2D eigenvalue weighted by atomic mass is 32.1. The molecule has 0 radical (unpaired) electrons. The molecule has 1 N–H and O–H groups in total. The van der Waals surface area contributed by atoms with Crippen LogP contribution in [0, 0.1) is 0 Å². The third-order valence-electron chi connectivity index (χ3n) is 2.51. The lowest BCUT2D eigenvalue weighted by Crippen LogP contribution is -2.32. The highest BCUT2D eigenvalue weighted by molar-refractivity contribution is 7.81. The van der Waals surface area contributed by atoms with E-state index in [0.717, 1.165) is 5.56 Å². The molecule has 1 aromatic heterocycles. The van der Waals surface area contributed by atoms with Gasteiger partial charge in [0.25, 0.3) is 0 Å². The van der Waals surface area contributed by atoms with Gasteiger partial charge in [-0.15, -0.1) is 0 Å². The number of hydrogen-bond acceptors (Lipinski definition) is 4. The molecule has 18 heavy (non-hydrogen) atoms. The summed E-state index contributed by atoms with van der Waals surface area (Å²) in [6, 6.07) is 11.5. The van der Waals surface area contributed by atoms with Gasteiger partial charge in [0, 0.05) is 6.07 Å². The van der Waals surface area contributed by atoms with E-state index in [2.05, 4.69) is 27.6 Å². The summed E-state index contributed by atoms with van der Waals surface area (Å²) in [7, 11) is 0. The van der Waals surface area contributed by atoms with Crippen LogP contribution in [-0.4, -0.2) is 16.3 Å². The smallest absolute Gasteiger partial charge is 0.233 e. The van der Waals surface area contributed by atoms with Crippen LogP contribution < -0.4 is 5.32 Å². The molecule has 0 aliphatic rings. The summed E-state index contributed by atoms with van der Waals surface area (Å²) in [6.07, 6.45) is 2.08. The molecular formula is C13H14N2O2S. The monoisotopic (exact) mass is 262 g/mol. The van der Waals surface area contributed by atoms with Crippen LogP contribution in [0.4, 0.5) is 0 Å². The summed E-state index contributed by atoms with van der Waals surface area (Å²) in [5.74, 6) is -0.106.